The summed E-state index contributed by atoms with van der Waals surface area (Å²) in [5.74, 6) is 0. The molecule has 0 aliphatic heterocycles. The van der Waals surface area contributed by atoms with Crippen LogP contribution < -0.4 is 5.73 Å². The van der Waals surface area contributed by atoms with Gasteiger partial charge in [0.2, 0.25) is 0 Å². The van der Waals surface area contributed by atoms with Crippen molar-refractivity contribution < 1.29 is 0 Å². The number of hydrogen-bond donors (Lipinski definition) is 1. The zero-order valence-electron chi connectivity index (χ0n) is 13.1. The van der Waals surface area contributed by atoms with E-state index in [2.05, 4.69) is 31.2 Å². The van der Waals surface area contributed by atoms with Gasteiger partial charge in [0.1, 0.15) is 0 Å². The average Bonchev–Trinajstić information content (AvgIpc) is 2.43. The largest absolute Gasteiger partial charge is 0.330 e. The molecule has 0 aromatic carbocycles. The second-order valence-corrected chi connectivity index (χ2v) is 5.37. The van der Waals surface area contributed by atoms with Gasteiger partial charge in [0.05, 0.1) is 0 Å². The van der Waals surface area contributed by atoms with E-state index in [0.29, 0.717) is 0 Å². The van der Waals surface area contributed by atoms with E-state index in [1.165, 1.54) is 70.6 Å². The molecule has 0 saturated carbocycles. The molecule has 0 fully saturated rings. The van der Waals surface area contributed by atoms with Crippen LogP contribution in [0.25, 0.3) is 0 Å². The van der Waals surface area contributed by atoms with Crippen LogP contribution in [0.3, 0.4) is 0 Å². The van der Waals surface area contributed by atoms with E-state index in [1.807, 2.05) is 0 Å². The van der Waals surface area contributed by atoms with Crippen LogP contribution in [0.1, 0.15) is 84.0 Å². The van der Waals surface area contributed by atoms with Crippen LogP contribution >= 0.6 is 0 Å². The van der Waals surface area contributed by atoms with E-state index in [1.54, 1.807) is 0 Å². The summed E-state index contributed by atoms with van der Waals surface area (Å²) in [5, 5.41) is 0. The Kier molecular flexibility index (Phi) is 16.9. The van der Waals surface area contributed by atoms with Crippen LogP contribution in [0.4, 0.5) is 0 Å². The van der Waals surface area contributed by atoms with E-state index in [9.17, 15) is 0 Å². The molecule has 0 atom stereocenters. The Morgan fingerprint density at radius 2 is 1.16 bits per heavy atom. The van der Waals surface area contributed by atoms with Crippen LogP contribution in [-0.4, -0.2) is 6.54 Å². The third-order valence-electron chi connectivity index (χ3n) is 3.40. The Morgan fingerprint density at radius 3 is 1.74 bits per heavy atom. The number of allylic oxidation sites excluding steroid dienone is 4. The first-order chi connectivity index (χ1) is 9.41. The topological polar surface area (TPSA) is 26.0 Å². The highest BCUT2D eigenvalue weighted by molar-refractivity contribution is 4.92. The van der Waals surface area contributed by atoms with Crippen molar-refractivity contribution in [3.63, 3.8) is 0 Å². The third-order valence-corrected chi connectivity index (χ3v) is 3.40. The molecule has 0 spiro atoms. The Labute approximate surface area is 121 Å². The minimum absolute atomic E-state index is 0.852. The van der Waals surface area contributed by atoms with Gasteiger partial charge in [-0.05, 0) is 45.1 Å². The molecule has 19 heavy (non-hydrogen) atoms. The quantitative estimate of drug-likeness (QED) is 0.314. The third kappa shape index (κ3) is 17.4. The molecule has 0 amide bonds. The summed E-state index contributed by atoms with van der Waals surface area (Å²) in [6.07, 6.45) is 24.9. The van der Waals surface area contributed by atoms with Gasteiger partial charge in [-0.15, -0.1) is 0 Å². The van der Waals surface area contributed by atoms with Crippen molar-refractivity contribution in [3.05, 3.63) is 24.3 Å². The summed E-state index contributed by atoms with van der Waals surface area (Å²) in [6.45, 7) is 3.11. The lowest BCUT2D eigenvalue weighted by Gasteiger charge is -1.97. The van der Waals surface area contributed by atoms with Gasteiger partial charge in [0.15, 0.2) is 0 Å². The maximum Gasteiger partial charge on any atom is -0.00773 e. The summed E-state index contributed by atoms with van der Waals surface area (Å²) in [4.78, 5) is 0. The monoisotopic (exact) mass is 265 g/mol. The first-order valence-corrected chi connectivity index (χ1v) is 8.42. The van der Waals surface area contributed by atoms with Gasteiger partial charge in [0.25, 0.3) is 0 Å². The molecular formula is C18H35N. The molecule has 0 aromatic heterocycles. The summed E-state index contributed by atoms with van der Waals surface area (Å²) in [6, 6.07) is 0. The van der Waals surface area contributed by atoms with E-state index < -0.39 is 0 Å². The standard InChI is InChI=1S/C18H35N/c1-2-3-4-5-6-7-8-9-10-11-12-13-14-15-16-17-18-19/h7-8,10-11H,2-6,9,12-19H2,1H3/b8-7-,11-10-. The fraction of sp³-hybridized carbons (Fsp3) is 0.778. The summed E-state index contributed by atoms with van der Waals surface area (Å²) >= 11 is 0. The van der Waals surface area contributed by atoms with Gasteiger partial charge in [-0.1, -0.05) is 69.8 Å². The molecule has 0 bridgehead atoms. The van der Waals surface area contributed by atoms with E-state index in [4.69, 9.17) is 5.73 Å². The molecule has 0 radical (unpaired) electrons. The van der Waals surface area contributed by atoms with Crippen molar-refractivity contribution in [2.45, 2.75) is 84.0 Å². The van der Waals surface area contributed by atoms with Gasteiger partial charge in [-0.25, -0.2) is 0 Å². The molecule has 0 unspecified atom stereocenters. The molecule has 0 aromatic rings. The Hall–Kier alpha value is -0.560. The van der Waals surface area contributed by atoms with Gasteiger partial charge in [0, 0.05) is 0 Å². The summed E-state index contributed by atoms with van der Waals surface area (Å²) < 4.78 is 0. The lowest BCUT2D eigenvalue weighted by Crippen LogP contribution is -1.97. The molecule has 0 aliphatic rings. The highest BCUT2D eigenvalue weighted by Gasteiger charge is 1.87. The summed E-state index contributed by atoms with van der Waals surface area (Å²) in [7, 11) is 0. The highest BCUT2D eigenvalue weighted by Crippen LogP contribution is 2.06. The Morgan fingerprint density at radius 1 is 0.632 bits per heavy atom. The lowest BCUT2D eigenvalue weighted by molar-refractivity contribution is 0.622. The molecule has 0 saturated heterocycles. The van der Waals surface area contributed by atoms with Gasteiger partial charge in [-0.2, -0.15) is 0 Å². The fourth-order valence-electron chi connectivity index (χ4n) is 2.13. The zero-order valence-corrected chi connectivity index (χ0v) is 13.1. The van der Waals surface area contributed by atoms with Crippen molar-refractivity contribution >= 4 is 0 Å². The van der Waals surface area contributed by atoms with E-state index >= 15 is 0 Å². The van der Waals surface area contributed by atoms with Crippen molar-refractivity contribution in [2.75, 3.05) is 6.54 Å². The van der Waals surface area contributed by atoms with Crippen molar-refractivity contribution in [2.24, 2.45) is 5.73 Å². The lowest BCUT2D eigenvalue weighted by atomic mass is 10.1. The molecule has 0 heterocycles. The molecule has 1 nitrogen and oxygen atoms in total. The number of unbranched alkanes of at least 4 members (excludes halogenated alkanes) is 9. The van der Waals surface area contributed by atoms with Gasteiger partial charge < -0.3 is 5.73 Å². The summed E-state index contributed by atoms with van der Waals surface area (Å²) in [5.41, 5.74) is 5.47. The number of nitrogens with two attached hydrogens (primary N) is 1. The van der Waals surface area contributed by atoms with Crippen LogP contribution in [0.2, 0.25) is 0 Å². The fourth-order valence-corrected chi connectivity index (χ4v) is 2.13. The minimum Gasteiger partial charge on any atom is -0.330 e. The van der Waals surface area contributed by atoms with Gasteiger partial charge >= 0.3 is 0 Å². The second-order valence-electron chi connectivity index (χ2n) is 5.37. The molecule has 0 rings (SSSR count). The highest BCUT2D eigenvalue weighted by atomic mass is 14.5. The Balaban J connectivity index is 3.14. The first kappa shape index (κ1) is 18.4. The van der Waals surface area contributed by atoms with Crippen LogP contribution in [0, 0.1) is 0 Å². The molecule has 2 N–H and O–H groups in total. The normalized spacial score (nSPS) is 11.9. The van der Waals surface area contributed by atoms with Crippen molar-refractivity contribution in [3.8, 4) is 0 Å². The smallest absolute Gasteiger partial charge is 0.00773 e. The average molecular weight is 265 g/mol. The second kappa shape index (κ2) is 17.4. The van der Waals surface area contributed by atoms with Crippen LogP contribution in [-0.2, 0) is 0 Å². The molecular weight excluding hydrogens is 230 g/mol. The SMILES string of the molecule is CCCCCC/C=C\C/C=C\CCCCCCCN. The number of rotatable bonds is 14. The maximum absolute atomic E-state index is 5.47. The van der Waals surface area contributed by atoms with Crippen molar-refractivity contribution in [1.29, 1.82) is 0 Å². The number of hydrogen-bond acceptors (Lipinski definition) is 1. The molecule has 1 heteroatoms. The van der Waals surface area contributed by atoms with Crippen LogP contribution in [0.15, 0.2) is 24.3 Å². The predicted molar refractivity (Wildman–Crippen MR) is 88.4 cm³/mol. The maximum atomic E-state index is 5.47. The Bertz CT molecular complexity index is 206. The predicted octanol–water partition coefficient (Wildman–Crippen LogP) is 5.76. The molecule has 0 aliphatic carbocycles. The minimum atomic E-state index is 0.852. The van der Waals surface area contributed by atoms with Crippen molar-refractivity contribution in [1.82, 2.24) is 0 Å². The van der Waals surface area contributed by atoms with E-state index in [-0.39, 0.29) is 0 Å². The first-order valence-electron chi connectivity index (χ1n) is 8.42. The van der Waals surface area contributed by atoms with E-state index in [0.717, 1.165) is 13.0 Å². The van der Waals surface area contributed by atoms with Crippen LogP contribution in [0.5, 0.6) is 0 Å². The van der Waals surface area contributed by atoms with Gasteiger partial charge in [-0.3, -0.25) is 0 Å². The molecule has 112 valence electrons. The zero-order chi connectivity index (χ0) is 14.0.